The molecule has 0 radical (unpaired) electrons. The molecule has 1 amide bonds. The van der Waals surface area contributed by atoms with E-state index < -0.39 is 15.9 Å². The van der Waals surface area contributed by atoms with Gasteiger partial charge in [-0.15, -0.1) is 11.3 Å². The number of nitrogens with one attached hydrogen (secondary N) is 2. The summed E-state index contributed by atoms with van der Waals surface area (Å²) >= 11 is 1.17. The highest BCUT2D eigenvalue weighted by Gasteiger charge is 2.25. The van der Waals surface area contributed by atoms with Crippen LogP contribution in [0.5, 0.6) is 5.75 Å². The zero-order valence-electron chi connectivity index (χ0n) is 18.9. The van der Waals surface area contributed by atoms with Gasteiger partial charge in [0.15, 0.2) is 5.76 Å². The standard InChI is InChI=1S/C24H20N4O5S2/c1-14-15(2)34-24(18(14)12-25)28-35(30,31)21-11-17(9-10-19(21)32-3)27-22(29)23-26-13-20(33-23)16-7-5-4-6-8-16/h4-11,13,28H,1-3H3,(H,27,29). The number of aromatic nitrogens is 1. The minimum absolute atomic E-state index is 0.0708. The number of benzene rings is 2. The number of nitrogens with zero attached hydrogens (tertiary/aromatic N) is 2. The van der Waals surface area contributed by atoms with Gasteiger partial charge in [0.05, 0.1) is 18.9 Å². The van der Waals surface area contributed by atoms with E-state index in [9.17, 15) is 18.5 Å². The predicted octanol–water partition coefficient (Wildman–Crippen LogP) is 4.95. The highest BCUT2D eigenvalue weighted by Crippen LogP contribution is 2.35. The lowest BCUT2D eigenvalue weighted by atomic mass is 10.2. The largest absolute Gasteiger partial charge is 0.495 e. The predicted molar refractivity (Wildman–Crippen MR) is 132 cm³/mol. The van der Waals surface area contributed by atoms with Crippen LogP contribution in [0.3, 0.4) is 0 Å². The van der Waals surface area contributed by atoms with Gasteiger partial charge in [-0.2, -0.15) is 5.26 Å². The van der Waals surface area contributed by atoms with Gasteiger partial charge in [-0.3, -0.25) is 9.52 Å². The van der Waals surface area contributed by atoms with E-state index in [1.54, 1.807) is 13.8 Å². The number of aryl methyl sites for hydroxylation is 1. The Morgan fingerprint density at radius 1 is 1.17 bits per heavy atom. The van der Waals surface area contributed by atoms with Crippen molar-refractivity contribution in [2.24, 2.45) is 0 Å². The Morgan fingerprint density at radius 2 is 1.91 bits per heavy atom. The first-order chi connectivity index (χ1) is 16.7. The number of nitriles is 1. The summed E-state index contributed by atoms with van der Waals surface area (Å²) in [5.41, 5.74) is 1.93. The average molecular weight is 509 g/mol. The Morgan fingerprint density at radius 3 is 2.60 bits per heavy atom. The number of oxazole rings is 1. The van der Waals surface area contributed by atoms with Crippen LogP contribution in [0.25, 0.3) is 11.3 Å². The molecule has 0 atom stereocenters. The van der Waals surface area contributed by atoms with E-state index in [-0.39, 0.29) is 32.8 Å². The van der Waals surface area contributed by atoms with Crippen molar-refractivity contribution in [2.75, 3.05) is 17.1 Å². The normalized spacial score (nSPS) is 11.0. The molecule has 2 aromatic heterocycles. The van der Waals surface area contributed by atoms with Crippen molar-refractivity contribution in [3.63, 3.8) is 0 Å². The Balaban J connectivity index is 1.61. The lowest BCUT2D eigenvalue weighted by molar-refractivity contribution is 0.0991. The summed E-state index contributed by atoms with van der Waals surface area (Å²) in [4.78, 5) is 17.3. The maximum atomic E-state index is 13.2. The van der Waals surface area contributed by atoms with Gasteiger partial charge in [-0.05, 0) is 37.6 Å². The zero-order valence-corrected chi connectivity index (χ0v) is 20.6. The summed E-state index contributed by atoms with van der Waals surface area (Å²) < 4.78 is 39.7. The molecule has 0 fully saturated rings. The summed E-state index contributed by atoms with van der Waals surface area (Å²) in [5, 5.41) is 12.3. The fourth-order valence-electron chi connectivity index (χ4n) is 3.27. The molecule has 4 rings (SSSR count). The number of hydrogen-bond acceptors (Lipinski definition) is 8. The molecule has 0 bridgehead atoms. The fourth-order valence-corrected chi connectivity index (χ4v) is 5.79. The van der Waals surface area contributed by atoms with Crippen molar-refractivity contribution in [1.29, 1.82) is 5.26 Å². The number of ether oxygens (including phenoxy) is 1. The number of carbonyl (C=O) groups is 1. The van der Waals surface area contributed by atoms with Gasteiger partial charge in [-0.25, -0.2) is 13.4 Å². The maximum Gasteiger partial charge on any atom is 0.311 e. The van der Waals surface area contributed by atoms with Crippen LogP contribution in [0.4, 0.5) is 10.7 Å². The number of sulfonamides is 1. The lowest BCUT2D eigenvalue weighted by Gasteiger charge is -2.13. The molecule has 0 aliphatic rings. The number of amides is 1. The zero-order chi connectivity index (χ0) is 25.2. The number of carbonyl (C=O) groups excluding carboxylic acids is 1. The highest BCUT2D eigenvalue weighted by atomic mass is 32.2. The lowest BCUT2D eigenvalue weighted by Crippen LogP contribution is -2.16. The number of thiophene rings is 1. The molecular formula is C24H20N4O5S2. The van der Waals surface area contributed by atoms with Crippen LogP contribution >= 0.6 is 11.3 Å². The van der Waals surface area contributed by atoms with Gasteiger partial charge in [-0.1, -0.05) is 30.3 Å². The molecule has 9 nitrogen and oxygen atoms in total. The van der Waals surface area contributed by atoms with E-state index in [1.165, 1.54) is 42.8 Å². The van der Waals surface area contributed by atoms with E-state index in [0.717, 1.165) is 10.4 Å². The number of anilines is 2. The summed E-state index contributed by atoms with van der Waals surface area (Å²) in [6, 6.07) is 15.4. The molecule has 0 unspecified atom stereocenters. The number of hydrogen-bond donors (Lipinski definition) is 2. The molecular weight excluding hydrogens is 488 g/mol. The van der Waals surface area contributed by atoms with Crippen LogP contribution in [-0.4, -0.2) is 26.4 Å². The van der Waals surface area contributed by atoms with Crippen molar-refractivity contribution >= 4 is 38.0 Å². The summed E-state index contributed by atoms with van der Waals surface area (Å²) in [7, 11) is -2.82. The minimum atomic E-state index is -4.15. The van der Waals surface area contributed by atoms with E-state index >= 15 is 0 Å². The third-order valence-electron chi connectivity index (χ3n) is 5.19. The van der Waals surface area contributed by atoms with E-state index in [2.05, 4.69) is 15.0 Å². The molecule has 0 saturated heterocycles. The quantitative estimate of drug-likeness (QED) is 0.360. The Labute approximate surface area is 206 Å². The molecule has 2 heterocycles. The highest BCUT2D eigenvalue weighted by molar-refractivity contribution is 7.93. The van der Waals surface area contributed by atoms with Gasteiger partial charge in [0.25, 0.3) is 15.9 Å². The van der Waals surface area contributed by atoms with Crippen molar-refractivity contribution in [3.8, 4) is 23.1 Å². The molecule has 178 valence electrons. The van der Waals surface area contributed by atoms with Crippen molar-refractivity contribution in [2.45, 2.75) is 18.7 Å². The van der Waals surface area contributed by atoms with Crippen LogP contribution in [0.1, 0.15) is 26.7 Å². The monoisotopic (exact) mass is 508 g/mol. The van der Waals surface area contributed by atoms with Gasteiger partial charge < -0.3 is 14.5 Å². The second-order valence-corrected chi connectivity index (χ2v) is 10.3. The minimum Gasteiger partial charge on any atom is -0.495 e. The Kier molecular flexibility index (Phi) is 6.59. The molecule has 11 heteroatoms. The van der Waals surface area contributed by atoms with Gasteiger partial charge in [0.2, 0.25) is 0 Å². The van der Waals surface area contributed by atoms with Crippen LogP contribution in [0, 0.1) is 25.2 Å². The van der Waals surface area contributed by atoms with Crippen molar-refractivity contribution in [1.82, 2.24) is 4.98 Å². The molecule has 0 saturated carbocycles. The third kappa shape index (κ3) is 4.89. The number of methoxy groups -OCH3 is 1. The molecule has 0 spiro atoms. The van der Waals surface area contributed by atoms with Gasteiger partial charge in [0.1, 0.15) is 21.7 Å². The SMILES string of the molecule is COc1ccc(NC(=O)c2ncc(-c3ccccc3)o2)cc1S(=O)(=O)Nc1sc(C)c(C)c1C#N. The van der Waals surface area contributed by atoms with E-state index in [0.29, 0.717) is 11.3 Å². The van der Waals surface area contributed by atoms with Crippen LogP contribution < -0.4 is 14.8 Å². The first-order valence-electron chi connectivity index (χ1n) is 10.3. The van der Waals surface area contributed by atoms with Crippen molar-refractivity contribution < 1.29 is 22.4 Å². The van der Waals surface area contributed by atoms with Crippen LogP contribution in [-0.2, 0) is 10.0 Å². The fraction of sp³-hybridized carbons (Fsp3) is 0.125. The summed E-state index contributed by atoms with van der Waals surface area (Å²) in [6.45, 7) is 3.56. The Hall–Kier alpha value is -4.14. The summed E-state index contributed by atoms with van der Waals surface area (Å²) in [6.07, 6.45) is 1.44. The molecule has 2 aromatic carbocycles. The van der Waals surface area contributed by atoms with Crippen molar-refractivity contribution in [3.05, 3.63) is 76.6 Å². The van der Waals surface area contributed by atoms with E-state index in [1.807, 2.05) is 36.4 Å². The van der Waals surface area contributed by atoms with E-state index in [4.69, 9.17) is 9.15 Å². The topological polar surface area (TPSA) is 134 Å². The molecule has 2 N–H and O–H groups in total. The smallest absolute Gasteiger partial charge is 0.311 e. The van der Waals surface area contributed by atoms with Gasteiger partial charge >= 0.3 is 5.91 Å². The average Bonchev–Trinajstić information content (AvgIpc) is 3.44. The first-order valence-corrected chi connectivity index (χ1v) is 12.6. The molecule has 0 aliphatic carbocycles. The second-order valence-electron chi connectivity index (χ2n) is 7.42. The third-order valence-corrected chi connectivity index (χ3v) is 7.82. The molecule has 4 aromatic rings. The summed E-state index contributed by atoms with van der Waals surface area (Å²) in [5.74, 6) is -0.329. The van der Waals surface area contributed by atoms with Gasteiger partial charge in [0, 0.05) is 16.1 Å². The second kappa shape index (κ2) is 9.61. The molecule has 0 aliphatic heterocycles. The Bertz CT molecular complexity index is 1550. The maximum absolute atomic E-state index is 13.2. The molecule has 35 heavy (non-hydrogen) atoms. The first kappa shape index (κ1) is 24.0. The number of rotatable bonds is 7. The van der Waals surface area contributed by atoms with Crippen LogP contribution in [0.15, 0.2) is 64.0 Å². The van der Waals surface area contributed by atoms with Crippen LogP contribution in [0.2, 0.25) is 0 Å².